The van der Waals surface area contributed by atoms with Gasteiger partial charge in [0.25, 0.3) is 5.91 Å². The molecule has 3 nitrogen and oxygen atoms in total. The van der Waals surface area contributed by atoms with E-state index >= 15 is 0 Å². The molecule has 1 aromatic heterocycles. The Bertz CT molecular complexity index is 567. The monoisotopic (exact) mass is 382 g/mol. The second-order valence-corrected chi connectivity index (χ2v) is 5.89. The van der Waals surface area contributed by atoms with Crippen LogP contribution in [0.1, 0.15) is 15.9 Å². The van der Waals surface area contributed by atoms with Gasteiger partial charge in [-0.1, -0.05) is 28.1 Å². The van der Waals surface area contributed by atoms with Crippen molar-refractivity contribution in [3.8, 4) is 0 Å². The normalized spacial score (nSPS) is 10.3. The first-order valence-electron chi connectivity index (χ1n) is 5.68. The van der Waals surface area contributed by atoms with Crippen LogP contribution in [0.15, 0.2) is 51.7 Å². The lowest BCUT2D eigenvalue weighted by Gasteiger charge is -2.17. The summed E-state index contributed by atoms with van der Waals surface area (Å²) in [7, 11) is 1.78. The first-order chi connectivity index (χ1) is 9.06. The van der Waals surface area contributed by atoms with Gasteiger partial charge < -0.3 is 4.90 Å². The fourth-order valence-corrected chi connectivity index (χ4v) is 2.16. The fraction of sp³-hybridized carbons (Fsp3) is 0.143. The molecule has 0 aliphatic rings. The minimum Gasteiger partial charge on any atom is -0.337 e. The lowest BCUT2D eigenvalue weighted by Crippen LogP contribution is -2.26. The second-order valence-electron chi connectivity index (χ2n) is 4.16. The van der Waals surface area contributed by atoms with Crippen LogP contribution in [-0.2, 0) is 6.54 Å². The van der Waals surface area contributed by atoms with Crippen molar-refractivity contribution in [1.82, 2.24) is 9.88 Å². The third-order valence-electron chi connectivity index (χ3n) is 2.65. The van der Waals surface area contributed by atoms with Crippen molar-refractivity contribution in [3.63, 3.8) is 0 Å². The van der Waals surface area contributed by atoms with E-state index in [-0.39, 0.29) is 5.91 Å². The number of hydrogen-bond acceptors (Lipinski definition) is 2. The highest BCUT2D eigenvalue weighted by Crippen LogP contribution is 2.13. The summed E-state index contributed by atoms with van der Waals surface area (Å²) in [4.78, 5) is 17.9. The van der Waals surface area contributed by atoms with Gasteiger partial charge >= 0.3 is 0 Å². The molecule has 1 amide bonds. The van der Waals surface area contributed by atoms with Gasteiger partial charge in [-0.05, 0) is 45.8 Å². The number of amides is 1. The highest BCUT2D eigenvalue weighted by molar-refractivity contribution is 9.10. The van der Waals surface area contributed by atoms with E-state index in [1.54, 1.807) is 30.3 Å². The predicted molar refractivity (Wildman–Crippen MR) is 81.9 cm³/mol. The topological polar surface area (TPSA) is 33.2 Å². The summed E-state index contributed by atoms with van der Waals surface area (Å²) < 4.78 is 1.75. The maximum atomic E-state index is 12.2. The molecule has 0 saturated carbocycles. The van der Waals surface area contributed by atoms with Crippen molar-refractivity contribution in [3.05, 3.63) is 62.8 Å². The zero-order valence-electron chi connectivity index (χ0n) is 10.3. The zero-order chi connectivity index (χ0) is 13.8. The first-order valence-corrected chi connectivity index (χ1v) is 7.26. The number of nitrogens with zero attached hydrogens (tertiary/aromatic N) is 2. The molecule has 98 valence electrons. The second kappa shape index (κ2) is 6.30. The average Bonchev–Trinajstić information content (AvgIpc) is 2.41. The number of rotatable bonds is 3. The molecule has 2 aromatic rings. The summed E-state index contributed by atoms with van der Waals surface area (Å²) in [6, 6.07) is 11.4. The van der Waals surface area contributed by atoms with Crippen LogP contribution in [0.3, 0.4) is 0 Å². The van der Waals surface area contributed by atoms with Crippen LogP contribution in [0.4, 0.5) is 0 Å². The SMILES string of the molecule is CN(Cc1ccc(Br)cc1)C(=O)c1ccc(Br)nc1. The number of aromatic nitrogens is 1. The molecule has 0 radical (unpaired) electrons. The van der Waals surface area contributed by atoms with E-state index in [0.29, 0.717) is 12.1 Å². The van der Waals surface area contributed by atoms with E-state index in [1.165, 1.54) is 0 Å². The fourth-order valence-electron chi connectivity index (χ4n) is 1.66. The van der Waals surface area contributed by atoms with Gasteiger partial charge in [0.2, 0.25) is 0 Å². The predicted octanol–water partition coefficient (Wildman–Crippen LogP) is 3.88. The minimum atomic E-state index is -0.0390. The van der Waals surface area contributed by atoms with Crippen LogP contribution in [0.2, 0.25) is 0 Å². The Morgan fingerprint density at radius 3 is 2.42 bits per heavy atom. The largest absolute Gasteiger partial charge is 0.337 e. The summed E-state index contributed by atoms with van der Waals surface area (Å²) in [6.45, 7) is 0.572. The van der Waals surface area contributed by atoms with Crippen LogP contribution in [-0.4, -0.2) is 22.8 Å². The van der Waals surface area contributed by atoms with E-state index in [2.05, 4.69) is 36.8 Å². The maximum Gasteiger partial charge on any atom is 0.255 e. The molecule has 1 aromatic carbocycles. The van der Waals surface area contributed by atoms with E-state index in [1.807, 2.05) is 24.3 Å². The molecule has 0 atom stereocenters. The number of halogens is 2. The van der Waals surface area contributed by atoms with Crippen LogP contribution < -0.4 is 0 Å². The molecule has 0 unspecified atom stereocenters. The Kier molecular flexibility index (Phi) is 4.71. The molecule has 0 aliphatic heterocycles. The van der Waals surface area contributed by atoms with Crippen molar-refractivity contribution >= 4 is 37.8 Å². The van der Waals surface area contributed by atoms with Gasteiger partial charge in [0.05, 0.1) is 5.56 Å². The van der Waals surface area contributed by atoms with E-state index < -0.39 is 0 Å². The summed E-state index contributed by atoms with van der Waals surface area (Å²) in [5.74, 6) is -0.0390. The Morgan fingerprint density at radius 2 is 1.84 bits per heavy atom. The van der Waals surface area contributed by atoms with Crippen LogP contribution in [0.25, 0.3) is 0 Å². The minimum absolute atomic E-state index is 0.0390. The van der Waals surface area contributed by atoms with Crippen molar-refractivity contribution in [2.24, 2.45) is 0 Å². The standard InChI is InChI=1S/C14H12Br2N2O/c1-18(9-10-2-5-12(15)6-3-10)14(19)11-4-7-13(16)17-8-11/h2-8H,9H2,1H3. The molecule has 0 N–H and O–H groups in total. The number of pyridine rings is 1. The van der Waals surface area contributed by atoms with Gasteiger partial charge in [-0.3, -0.25) is 4.79 Å². The summed E-state index contributed by atoms with van der Waals surface area (Å²) in [5, 5.41) is 0. The number of benzene rings is 1. The van der Waals surface area contributed by atoms with E-state index in [9.17, 15) is 4.79 Å². The lowest BCUT2D eigenvalue weighted by molar-refractivity contribution is 0.0784. The molecular weight excluding hydrogens is 372 g/mol. The van der Waals surface area contributed by atoms with Crippen LogP contribution in [0, 0.1) is 0 Å². The number of carbonyl (C=O) groups is 1. The van der Waals surface area contributed by atoms with Crippen molar-refractivity contribution in [2.75, 3.05) is 7.05 Å². The molecule has 5 heteroatoms. The molecular formula is C14H12Br2N2O. The Morgan fingerprint density at radius 1 is 1.16 bits per heavy atom. The Balaban J connectivity index is 2.07. The van der Waals surface area contributed by atoms with Gasteiger partial charge in [-0.25, -0.2) is 4.98 Å². The van der Waals surface area contributed by atoms with E-state index in [4.69, 9.17) is 0 Å². The van der Waals surface area contributed by atoms with Gasteiger partial charge in [0, 0.05) is 24.3 Å². The van der Waals surface area contributed by atoms with Crippen LogP contribution >= 0.6 is 31.9 Å². The molecule has 19 heavy (non-hydrogen) atoms. The molecule has 0 aliphatic carbocycles. The van der Waals surface area contributed by atoms with Gasteiger partial charge in [-0.2, -0.15) is 0 Å². The van der Waals surface area contributed by atoms with Crippen molar-refractivity contribution in [2.45, 2.75) is 6.54 Å². The van der Waals surface area contributed by atoms with Crippen molar-refractivity contribution < 1.29 is 4.79 Å². The Hall–Kier alpha value is -1.20. The molecule has 0 spiro atoms. The lowest BCUT2D eigenvalue weighted by atomic mass is 10.2. The third-order valence-corrected chi connectivity index (χ3v) is 3.65. The number of carbonyl (C=O) groups excluding carboxylic acids is 1. The average molecular weight is 384 g/mol. The molecule has 1 heterocycles. The molecule has 0 fully saturated rings. The Labute approximate surface area is 128 Å². The quantitative estimate of drug-likeness (QED) is 0.753. The summed E-state index contributed by atoms with van der Waals surface area (Å²) >= 11 is 6.64. The third kappa shape index (κ3) is 3.88. The summed E-state index contributed by atoms with van der Waals surface area (Å²) in [5.41, 5.74) is 1.67. The maximum absolute atomic E-state index is 12.2. The molecule has 2 rings (SSSR count). The molecule has 0 saturated heterocycles. The zero-order valence-corrected chi connectivity index (χ0v) is 13.5. The van der Waals surface area contributed by atoms with Crippen LogP contribution in [0.5, 0.6) is 0 Å². The highest BCUT2D eigenvalue weighted by atomic mass is 79.9. The molecule has 0 bridgehead atoms. The smallest absolute Gasteiger partial charge is 0.255 e. The summed E-state index contributed by atoms with van der Waals surface area (Å²) in [6.07, 6.45) is 1.57. The van der Waals surface area contributed by atoms with Gasteiger partial charge in [0.1, 0.15) is 4.60 Å². The van der Waals surface area contributed by atoms with Gasteiger partial charge in [0.15, 0.2) is 0 Å². The first kappa shape index (κ1) is 14.2. The highest BCUT2D eigenvalue weighted by Gasteiger charge is 2.12. The number of hydrogen-bond donors (Lipinski definition) is 0. The van der Waals surface area contributed by atoms with E-state index in [0.717, 1.165) is 14.6 Å². The van der Waals surface area contributed by atoms with Crippen molar-refractivity contribution in [1.29, 1.82) is 0 Å². The van der Waals surface area contributed by atoms with Gasteiger partial charge in [-0.15, -0.1) is 0 Å².